The molecule has 0 saturated carbocycles. The lowest BCUT2D eigenvalue weighted by atomic mass is 10.3. The van der Waals surface area contributed by atoms with E-state index in [0.717, 1.165) is 5.70 Å². The lowest BCUT2D eigenvalue weighted by Crippen LogP contribution is -2.33. The van der Waals surface area contributed by atoms with Crippen LogP contribution in [0.15, 0.2) is 24.1 Å². The Hall–Kier alpha value is -1.45. The van der Waals surface area contributed by atoms with Crippen molar-refractivity contribution in [3.8, 4) is 0 Å². The summed E-state index contributed by atoms with van der Waals surface area (Å²) in [6, 6.07) is -0.570. The molecule has 1 aliphatic rings. The predicted molar refractivity (Wildman–Crippen MR) is 43.4 cm³/mol. The molecular formula is C8H11NO3. The second-order valence-corrected chi connectivity index (χ2v) is 2.50. The molecule has 0 aromatic carbocycles. The number of carboxylic acid groups (broad SMARTS) is 1. The maximum absolute atomic E-state index is 10.4. The minimum atomic E-state index is -0.865. The first-order valence-corrected chi connectivity index (χ1v) is 3.68. The standard InChI is InChI=1S/C8H11NO3/c1-6(8(10)11)9-7-2-4-12-5-3-7/h2-4,6,9H,5H2,1H3,(H,10,11)/t6-/m0/s1. The van der Waals surface area contributed by atoms with Gasteiger partial charge in [0, 0.05) is 5.70 Å². The molecule has 1 rings (SSSR count). The fourth-order valence-electron chi connectivity index (χ4n) is 0.802. The molecule has 0 aromatic heterocycles. The molecule has 4 heteroatoms. The first-order chi connectivity index (χ1) is 5.70. The van der Waals surface area contributed by atoms with Gasteiger partial charge in [-0.25, -0.2) is 0 Å². The molecule has 2 N–H and O–H groups in total. The zero-order valence-electron chi connectivity index (χ0n) is 6.78. The second kappa shape index (κ2) is 3.80. The third kappa shape index (κ3) is 2.30. The number of rotatable bonds is 3. The van der Waals surface area contributed by atoms with Crippen molar-refractivity contribution in [3.63, 3.8) is 0 Å². The number of ether oxygens (including phenoxy) is 1. The van der Waals surface area contributed by atoms with Gasteiger partial charge in [-0.3, -0.25) is 4.79 Å². The van der Waals surface area contributed by atoms with Crippen LogP contribution in [-0.2, 0) is 9.53 Å². The Balaban J connectivity index is 2.45. The molecule has 0 aliphatic carbocycles. The number of carboxylic acids is 1. The van der Waals surface area contributed by atoms with Gasteiger partial charge in [0.15, 0.2) is 0 Å². The summed E-state index contributed by atoms with van der Waals surface area (Å²) < 4.78 is 4.90. The summed E-state index contributed by atoms with van der Waals surface area (Å²) >= 11 is 0. The fourth-order valence-corrected chi connectivity index (χ4v) is 0.802. The maximum Gasteiger partial charge on any atom is 0.325 e. The van der Waals surface area contributed by atoms with E-state index in [0.29, 0.717) is 6.61 Å². The molecule has 0 aromatic rings. The molecular weight excluding hydrogens is 158 g/mol. The van der Waals surface area contributed by atoms with Crippen LogP contribution in [0.2, 0.25) is 0 Å². The maximum atomic E-state index is 10.4. The Morgan fingerprint density at radius 1 is 1.83 bits per heavy atom. The highest BCUT2D eigenvalue weighted by molar-refractivity contribution is 5.73. The van der Waals surface area contributed by atoms with Gasteiger partial charge in [-0.2, -0.15) is 0 Å². The van der Waals surface area contributed by atoms with E-state index in [1.807, 2.05) is 0 Å². The third-order valence-corrected chi connectivity index (χ3v) is 1.50. The number of carbonyl (C=O) groups is 1. The zero-order valence-corrected chi connectivity index (χ0v) is 6.78. The van der Waals surface area contributed by atoms with Crippen LogP contribution in [0.3, 0.4) is 0 Å². The van der Waals surface area contributed by atoms with Crippen LogP contribution in [0.4, 0.5) is 0 Å². The van der Waals surface area contributed by atoms with E-state index >= 15 is 0 Å². The first kappa shape index (κ1) is 8.64. The van der Waals surface area contributed by atoms with Crippen molar-refractivity contribution in [2.24, 2.45) is 0 Å². The van der Waals surface area contributed by atoms with Gasteiger partial charge in [-0.15, -0.1) is 0 Å². The summed E-state index contributed by atoms with van der Waals surface area (Å²) in [6.07, 6.45) is 5.03. The SMILES string of the molecule is C[C@H](NC1=CCOC=C1)C(=O)O. The lowest BCUT2D eigenvalue weighted by molar-refractivity contribution is -0.138. The molecule has 0 radical (unpaired) electrons. The molecule has 66 valence electrons. The van der Waals surface area contributed by atoms with Crippen molar-refractivity contribution in [3.05, 3.63) is 24.1 Å². The Bertz CT molecular complexity index is 232. The highest BCUT2D eigenvalue weighted by atomic mass is 16.5. The summed E-state index contributed by atoms with van der Waals surface area (Å²) in [6.45, 7) is 2.08. The number of nitrogens with one attached hydrogen (secondary N) is 1. The number of aliphatic carboxylic acids is 1. The van der Waals surface area contributed by atoms with E-state index in [1.54, 1.807) is 19.1 Å². The molecule has 1 heterocycles. The van der Waals surface area contributed by atoms with Gasteiger partial charge in [-0.05, 0) is 19.1 Å². The molecule has 0 amide bonds. The van der Waals surface area contributed by atoms with E-state index in [9.17, 15) is 4.79 Å². The summed E-state index contributed by atoms with van der Waals surface area (Å²) in [5, 5.41) is 11.4. The van der Waals surface area contributed by atoms with Crippen molar-refractivity contribution in [2.75, 3.05) is 6.61 Å². The topological polar surface area (TPSA) is 58.6 Å². The van der Waals surface area contributed by atoms with Crippen LogP contribution in [-0.4, -0.2) is 23.7 Å². The van der Waals surface area contributed by atoms with Gasteiger partial charge in [0.25, 0.3) is 0 Å². The molecule has 4 nitrogen and oxygen atoms in total. The Morgan fingerprint density at radius 2 is 2.58 bits per heavy atom. The Labute approximate surface area is 70.5 Å². The van der Waals surface area contributed by atoms with Gasteiger partial charge in [0.05, 0.1) is 6.26 Å². The highest BCUT2D eigenvalue weighted by Gasteiger charge is 2.10. The van der Waals surface area contributed by atoms with Crippen LogP contribution in [0.5, 0.6) is 0 Å². The van der Waals surface area contributed by atoms with E-state index < -0.39 is 12.0 Å². The summed E-state index contributed by atoms with van der Waals surface area (Å²) in [5.41, 5.74) is 0.788. The van der Waals surface area contributed by atoms with Gasteiger partial charge in [0.1, 0.15) is 12.6 Å². The van der Waals surface area contributed by atoms with Crippen LogP contribution in [0, 0.1) is 0 Å². The molecule has 0 saturated heterocycles. The molecule has 0 spiro atoms. The van der Waals surface area contributed by atoms with Crippen molar-refractivity contribution < 1.29 is 14.6 Å². The highest BCUT2D eigenvalue weighted by Crippen LogP contribution is 2.00. The third-order valence-electron chi connectivity index (χ3n) is 1.50. The molecule has 0 bridgehead atoms. The van der Waals surface area contributed by atoms with Crippen LogP contribution < -0.4 is 5.32 Å². The average Bonchev–Trinajstić information content (AvgIpc) is 2.06. The van der Waals surface area contributed by atoms with E-state index in [1.165, 1.54) is 6.26 Å². The number of hydrogen-bond donors (Lipinski definition) is 2. The van der Waals surface area contributed by atoms with Crippen molar-refractivity contribution in [1.82, 2.24) is 5.32 Å². The minimum absolute atomic E-state index is 0.491. The zero-order chi connectivity index (χ0) is 8.97. The predicted octanol–water partition coefficient (Wildman–Crippen LogP) is 0.477. The second-order valence-electron chi connectivity index (χ2n) is 2.50. The fraction of sp³-hybridized carbons (Fsp3) is 0.375. The largest absolute Gasteiger partial charge is 0.497 e. The van der Waals surface area contributed by atoms with Gasteiger partial charge in [-0.1, -0.05) is 0 Å². The van der Waals surface area contributed by atoms with Gasteiger partial charge in [0.2, 0.25) is 0 Å². The Morgan fingerprint density at radius 3 is 3.08 bits per heavy atom. The molecule has 12 heavy (non-hydrogen) atoms. The smallest absolute Gasteiger partial charge is 0.325 e. The van der Waals surface area contributed by atoms with E-state index in [4.69, 9.17) is 9.84 Å². The van der Waals surface area contributed by atoms with Crippen molar-refractivity contribution >= 4 is 5.97 Å². The summed E-state index contributed by atoms with van der Waals surface area (Å²) in [4.78, 5) is 10.4. The summed E-state index contributed by atoms with van der Waals surface area (Å²) in [7, 11) is 0. The van der Waals surface area contributed by atoms with Crippen molar-refractivity contribution in [2.45, 2.75) is 13.0 Å². The van der Waals surface area contributed by atoms with Gasteiger partial charge < -0.3 is 15.2 Å². The molecule has 1 atom stereocenters. The van der Waals surface area contributed by atoms with Crippen LogP contribution >= 0.6 is 0 Å². The number of allylic oxidation sites excluding steroid dienone is 1. The van der Waals surface area contributed by atoms with Gasteiger partial charge >= 0.3 is 5.97 Å². The van der Waals surface area contributed by atoms with Crippen LogP contribution in [0.25, 0.3) is 0 Å². The average molecular weight is 169 g/mol. The lowest BCUT2D eigenvalue weighted by Gasteiger charge is -2.13. The quantitative estimate of drug-likeness (QED) is 0.645. The van der Waals surface area contributed by atoms with E-state index in [-0.39, 0.29) is 0 Å². The molecule has 0 unspecified atom stereocenters. The molecule has 0 fully saturated rings. The van der Waals surface area contributed by atoms with Crippen molar-refractivity contribution in [1.29, 1.82) is 0 Å². The monoisotopic (exact) mass is 169 g/mol. The van der Waals surface area contributed by atoms with E-state index in [2.05, 4.69) is 5.32 Å². The van der Waals surface area contributed by atoms with Crippen LogP contribution in [0.1, 0.15) is 6.92 Å². The molecule has 1 aliphatic heterocycles. The normalized spacial score (nSPS) is 17.6. The summed E-state index contributed by atoms with van der Waals surface area (Å²) in [5.74, 6) is -0.865. The minimum Gasteiger partial charge on any atom is -0.497 e. The number of hydrogen-bond acceptors (Lipinski definition) is 3. The first-order valence-electron chi connectivity index (χ1n) is 3.68. The Kier molecular flexibility index (Phi) is 2.74.